The highest BCUT2D eigenvalue weighted by Gasteiger charge is 2.36. The van der Waals surface area contributed by atoms with E-state index in [0.717, 1.165) is 4.90 Å². The van der Waals surface area contributed by atoms with Crippen molar-refractivity contribution in [1.82, 2.24) is 0 Å². The van der Waals surface area contributed by atoms with Crippen molar-refractivity contribution in [3.63, 3.8) is 0 Å². The highest BCUT2D eigenvalue weighted by atomic mass is 35.5. The molecule has 0 saturated heterocycles. The molecule has 168 valence electrons. The van der Waals surface area contributed by atoms with E-state index in [-0.39, 0.29) is 26.6 Å². The molecule has 3 aromatic carbocycles. The van der Waals surface area contributed by atoms with Crippen molar-refractivity contribution >= 4 is 50.6 Å². The summed E-state index contributed by atoms with van der Waals surface area (Å²) >= 11 is 5.95. The number of halogens is 1. The van der Waals surface area contributed by atoms with Crippen LogP contribution in [0, 0.1) is 0 Å². The van der Waals surface area contributed by atoms with Gasteiger partial charge in [0.25, 0.3) is 5.91 Å². The van der Waals surface area contributed by atoms with Crippen molar-refractivity contribution in [2.75, 3.05) is 23.9 Å². The van der Waals surface area contributed by atoms with E-state index in [1.54, 1.807) is 18.2 Å². The Kier molecular flexibility index (Phi) is 5.92. The molecule has 1 N–H and O–H groups in total. The third-order valence-corrected chi connectivity index (χ3v) is 7.12. The molecule has 0 aliphatic carbocycles. The Hall–Kier alpha value is -3.69. The van der Waals surface area contributed by atoms with Crippen molar-refractivity contribution in [1.29, 1.82) is 0 Å². The van der Waals surface area contributed by atoms with E-state index in [1.807, 2.05) is 0 Å². The molecule has 0 radical (unpaired) electrons. The number of benzene rings is 3. The van der Waals surface area contributed by atoms with E-state index < -0.39 is 34.2 Å². The van der Waals surface area contributed by atoms with Gasteiger partial charge in [-0.3, -0.25) is 14.5 Å². The molecule has 2 amide bonds. The zero-order chi connectivity index (χ0) is 23.8. The van der Waals surface area contributed by atoms with Crippen LogP contribution in [0.5, 0.6) is 0 Å². The number of methoxy groups -OCH3 is 1. The number of carbonyl (C=O) groups is 3. The van der Waals surface area contributed by atoms with Gasteiger partial charge in [-0.25, -0.2) is 13.2 Å². The Morgan fingerprint density at radius 2 is 1.76 bits per heavy atom. The Morgan fingerprint density at radius 1 is 1.00 bits per heavy atom. The number of fused-ring (bicyclic) bond motifs is 2. The topological polar surface area (TPSA) is 110 Å². The van der Waals surface area contributed by atoms with Gasteiger partial charge in [-0.2, -0.15) is 0 Å². The van der Waals surface area contributed by atoms with Crippen molar-refractivity contribution in [2.24, 2.45) is 0 Å². The Morgan fingerprint density at radius 3 is 2.48 bits per heavy atom. The van der Waals surface area contributed by atoms with Gasteiger partial charge < -0.3 is 10.1 Å². The average molecular weight is 485 g/mol. The summed E-state index contributed by atoms with van der Waals surface area (Å²) in [5, 5.41) is 3.05. The van der Waals surface area contributed by atoms with Crippen molar-refractivity contribution in [3.05, 3.63) is 82.9 Å². The van der Waals surface area contributed by atoms with Gasteiger partial charge in [0, 0.05) is 10.7 Å². The van der Waals surface area contributed by atoms with E-state index in [1.165, 1.54) is 55.6 Å². The second kappa shape index (κ2) is 8.68. The fourth-order valence-electron chi connectivity index (χ4n) is 3.52. The first-order chi connectivity index (χ1) is 15.7. The standard InChI is InChI=1S/C23H17ClN2O6S/c1-32-23(29)14-9-10-20-18(11-14)26(13-21(27)25-16-6-4-5-15(24)12-16)22(28)17-7-2-3-8-19(17)33(20,30)31/h2-12H,13H2,1H3,(H,25,27). The molecule has 3 aromatic rings. The van der Waals surface area contributed by atoms with E-state index in [0.29, 0.717) is 10.7 Å². The van der Waals surface area contributed by atoms with Crippen LogP contribution < -0.4 is 10.2 Å². The number of sulfone groups is 1. The molecule has 0 bridgehead atoms. The van der Waals surface area contributed by atoms with Crippen LogP contribution in [0.3, 0.4) is 0 Å². The van der Waals surface area contributed by atoms with E-state index >= 15 is 0 Å². The molecule has 0 unspecified atom stereocenters. The lowest BCUT2D eigenvalue weighted by Crippen LogP contribution is -2.38. The van der Waals surface area contributed by atoms with Crippen LogP contribution in [0.4, 0.5) is 11.4 Å². The molecule has 0 saturated carbocycles. The summed E-state index contributed by atoms with van der Waals surface area (Å²) < 4.78 is 31.4. The van der Waals surface area contributed by atoms with E-state index in [4.69, 9.17) is 16.3 Å². The maximum atomic E-state index is 13.4. The molecule has 33 heavy (non-hydrogen) atoms. The number of rotatable bonds is 4. The average Bonchev–Trinajstić information content (AvgIpc) is 2.86. The molecule has 1 heterocycles. The summed E-state index contributed by atoms with van der Waals surface area (Å²) in [6.07, 6.45) is 0. The molecule has 10 heteroatoms. The monoisotopic (exact) mass is 484 g/mol. The molecular formula is C23H17ClN2O6S. The smallest absolute Gasteiger partial charge is 0.337 e. The zero-order valence-corrected chi connectivity index (χ0v) is 18.8. The number of anilines is 2. The van der Waals surface area contributed by atoms with Gasteiger partial charge in [0.05, 0.1) is 33.7 Å². The van der Waals surface area contributed by atoms with Crippen molar-refractivity contribution < 1.29 is 27.5 Å². The minimum atomic E-state index is -4.12. The quantitative estimate of drug-likeness (QED) is 0.567. The van der Waals surface area contributed by atoms with Gasteiger partial charge in [-0.15, -0.1) is 0 Å². The highest BCUT2D eigenvalue weighted by Crippen LogP contribution is 2.37. The van der Waals surface area contributed by atoms with Gasteiger partial charge in [-0.1, -0.05) is 29.8 Å². The number of hydrogen-bond donors (Lipinski definition) is 1. The summed E-state index contributed by atoms with van der Waals surface area (Å²) in [5.41, 5.74) is 0.265. The number of carbonyl (C=O) groups excluding carboxylic acids is 3. The summed E-state index contributed by atoms with van der Waals surface area (Å²) in [7, 11) is -2.93. The van der Waals surface area contributed by atoms with E-state index in [2.05, 4.69) is 5.32 Å². The van der Waals surface area contributed by atoms with Crippen LogP contribution >= 0.6 is 11.6 Å². The van der Waals surface area contributed by atoms with Crippen molar-refractivity contribution in [3.8, 4) is 0 Å². The van der Waals surface area contributed by atoms with Crippen LogP contribution in [0.25, 0.3) is 0 Å². The largest absolute Gasteiger partial charge is 0.465 e. The number of amides is 2. The fourth-order valence-corrected chi connectivity index (χ4v) is 5.34. The third-order valence-electron chi connectivity index (χ3n) is 5.02. The molecule has 1 aliphatic heterocycles. The molecule has 0 spiro atoms. The second-order valence-corrected chi connectivity index (χ2v) is 9.45. The molecule has 0 fully saturated rings. The van der Waals surface area contributed by atoms with Gasteiger partial charge in [0.2, 0.25) is 15.7 Å². The molecule has 4 rings (SSSR count). The first kappa shape index (κ1) is 22.5. The Balaban J connectivity index is 1.83. The summed E-state index contributed by atoms with van der Waals surface area (Å²) in [4.78, 5) is 39.0. The van der Waals surface area contributed by atoms with Crippen molar-refractivity contribution in [2.45, 2.75) is 9.79 Å². The van der Waals surface area contributed by atoms with Gasteiger partial charge in [-0.05, 0) is 48.5 Å². The molecular weight excluding hydrogens is 468 g/mol. The summed E-state index contributed by atoms with van der Waals surface area (Å²) in [6, 6.07) is 16.0. The molecule has 0 aromatic heterocycles. The summed E-state index contributed by atoms with van der Waals surface area (Å²) in [5.74, 6) is -2.00. The SMILES string of the molecule is COC(=O)c1ccc2c(c1)N(CC(=O)Nc1cccc(Cl)c1)C(=O)c1ccccc1S2(=O)=O. The highest BCUT2D eigenvalue weighted by molar-refractivity contribution is 7.91. The second-order valence-electron chi connectivity index (χ2n) is 7.12. The van der Waals surface area contributed by atoms with Crippen LogP contribution in [0.1, 0.15) is 20.7 Å². The minimum absolute atomic E-state index is 0.0328. The van der Waals surface area contributed by atoms with Crippen LogP contribution in [-0.2, 0) is 19.4 Å². The fraction of sp³-hybridized carbons (Fsp3) is 0.0870. The number of esters is 1. The lowest BCUT2D eigenvalue weighted by Gasteiger charge is -2.22. The van der Waals surface area contributed by atoms with Crippen LogP contribution in [0.15, 0.2) is 76.5 Å². The molecule has 8 nitrogen and oxygen atoms in total. The van der Waals surface area contributed by atoms with E-state index in [9.17, 15) is 22.8 Å². The third kappa shape index (κ3) is 4.20. The number of nitrogens with one attached hydrogen (secondary N) is 1. The van der Waals surface area contributed by atoms with Crippen LogP contribution in [-0.4, -0.2) is 39.9 Å². The Bertz CT molecular complexity index is 1400. The zero-order valence-electron chi connectivity index (χ0n) is 17.2. The normalized spacial score (nSPS) is 14.0. The van der Waals surface area contributed by atoms with Gasteiger partial charge in [0.1, 0.15) is 6.54 Å². The lowest BCUT2D eigenvalue weighted by atomic mass is 10.1. The number of ether oxygens (including phenoxy) is 1. The van der Waals surface area contributed by atoms with Crippen LogP contribution in [0.2, 0.25) is 5.02 Å². The molecule has 1 aliphatic rings. The predicted octanol–water partition coefficient (Wildman–Crippen LogP) is 3.56. The first-order valence-corrected chi connectivity index (χ1v) is 11.5. The number of hydrogen-bond acceptors (Lipinski definition) is 6. The predicted molar refractivity (Wildman–Crippen MR) is 121 cm³/mol. The number of nitrogens with zero attached hydrogens (tertiary/aromatic N) is 1. The molecule has 0 atom stereocenters. The summed E-state index contributed by atoms with van der Waals surface area (Å²) in [6.45, 7) is -0.507. The first-order valence-electron chi connectivity index (χ1n) is 9.66. The van der Waals surface area contributed by atoms with Gasteiger partial charge >= 0.3 is 5.97 Å². The maximum Gasteiger partial charge on any atom is 0.337 e. The van der Waals surface area contributed by atoms with Gasteiger partial charge in [0.15, 0.2) is 0 Å². The Labute approximate surface area is 194 Å². The lowest BCUT2D eigenvalue weighted by molar-refractivity contribution is -0.114. The maximum absolute atomic E-state index is 13.4. The minimum Gasteiger partial charge on any atom is -0.465 e.